The molecule has 0 amide bonds. The highest BCUT2D eigenvalue weighted by Gasteiger charge is 2.44. The fourth-order valence-electron chi connectivity index (χ4n) is 1.42. The van der Waals surface area contributed by atoms with Crippen molar-refractivity contribution in [3.05, 3.63) is 0 Å². The molecule has 0 aliphatic carbocycles. The van der Waals surface area contributed by atoms with E-state index in [2.05, 4.69) is 20.8 Å². The van der Waals surface area contributed by atoms with Gasteiger partial charge in [-0.1, -0.05) is 27.7 Å². The van der Waals surface area contributed by atoms with E-state index in [0.29, 0.717) is 0 Å². The first kappa shape index (κ1) is 18.7. The van der Waals surface area contributed by atoms with Crippen LogP contribution in [0.1, 0.15) is 61.3 Å². The third kappa shape index (κ3) is 4.07. The van der Waals surface area contributed by atoms with Crippen LogP contribution in [0.3, 0.4) is 0 Å². The minimum absolute atomic E-state index is 0.100. The van der Waals surface area contributed by atoms with E-state index in [1.54, 1.807) is 13.8 Å². The number of hydrogen-bond acceptors (Lipinski definition) is 3. The number of alkyl halides is 1. The summed E-state index contributed by atoms with van der Waals surface area (Å²) >= 11 is 6.08. The van der Waals surface area contributed by atoms with Gasteiger partial charge in [0.25, 0.3) is 0 Å². The van der Waals surface area contributed by atoms with Crippen molar-refractivity contribution in [1.82, 2.24) is 0 Å². The molecule has 0 saturated carbocycles. The molecule has 2 atom stereocenters. The van der Waals surface area contributed by atoms with E-state index in [1.165, 1.54) is 0 Å². The Kier molecular flexibility index (Phi) is 6.31. The van der Waals surface area contributed by atoms with Crippen LogP contribution in [0.15, 0.2) is 0 Å². The molecule has 0 aromatic heterocycles. The van der Waals surface area contributed by atoms with Crippen LogP contribution in [0, 0.1) is 5.41 Å². The molecular formula is C14H27ClO4. The second-order valence-corrected chi connectivity index (χ2v) is 6.77. The van der Waals surface area contributed by atoms with Crippen LogP contribution in [0.25, 0.3) is 0 Å². The third-order valence-electron chi connectivity index (χ3n) is 4.43. The summed E-state index contributed by atoms with van der Waals surface area (Å²) in [6.45, 7) is 13.4. The predicted octanol–water partition coefficient (Wildman–Crippen LogP) is 4.01. The van der Waals surface area contributed by atoms with E-state index in [4.69, 9.17) is 21.4 Å². The molecule has 19 heavy (non-hydrogen) atoms. The van der Waals surface area contributed by atoms with Crippen LogP contribution in [-0.4, -0.2) is 27.7 Å². The van der Waals surface area contributed by atoms with Crippen LogP contribution in [0.5, 0.6) is 0 Å². The maximum absolute atomic E-state index is 11.2. The Labute approximate surface area is 121 Å². The Bertz CT molecular complexity index is 315. The van der Waals surface area contributed by atoms with Gasteiger partial charge in [-0.05, 0) is 39.0 Å². The number of aliphatic carboxylic acids is 1. The van der Waals surface area contributed by atoms with Gasteiger partial charge in [-0.2, -0.15) is 0 Å². The lowest BCUT2D eigenvalue weighted by atomic mass is 9.75. The summed E-state index contributed by atoms with van der Waals surface area (Å²) in [7, 11) is 0. The van der Waals surface area contributed by atoms with E-state index in [9.17, 15) is 9.90 Å². The Morgan fingerprint density at radius 2 is 1.68 bits per heavy atom. The molecular weight excluding hydrogens is 268 g/mol. The zero-order chi connectivity index (χ0) is 15.5. The first-order valence-corrected chi connectivity index (χ1v) is 7.09. The van der Waals surface area contributed by atoms with Crippen molar-refractivity contribution >= 4 is 17.6 Å². The Morgan fingerprint density at radius 3 is 2.00 bits per heavy atom. The lowest BCUT2D eigenvalue weighted by molar-refractivity contribution is -0.397. The summed E-state index contributed by atoms with van der Waals surface area (Å²) < 4.78 is 0. The molecule has 0 saturated heterocycles. The van der Waals surface area contributed by atoms with E-state index < -0.39 is 22.5 Å². The van der Waals surface area contributed by atoms with E-state index in [-0.39, 0.29) is 11.8 Å². The summed E-state index contributed by atoms with van der Waals surface area (Å²) in [6, 6.07) is 0. The van der Waals surface area contributed by atoms with Crippen LogP contribution in [-0.2, 0) is 14.6 Å². The van der Waals surface area contributed by atoms with Crippen molar-refractivity contribution in [2.75, 3.05) is 0 Å². The second-order valence-electron chi connectivity index (χ2n) is 6.09. The van der Waals surface area contributed by atoms with Crippen molar-refractivity contribution in [1.29, 1.82) is 0 Å². The van der Waals surface area contributed by atoms with Crippen molar-refractivity contribution in [2.24, 2.45) is 5.41 Å². The zero-order valence-corrected chi connectivity index (χ0v) is 13.8. The molecule has 0 aliphatic rings. The molecule has 2 unspecified atom stereocenters. The fourth-order valence-corrected chi connectivity index (χ4v) is 1.46. The highest BCUT2D eigenvalue weighted by Crippen LogP contribution is 2.38. The molecule has 114 valence electrons. The van der Waals surface area contributed by atoms with E-state index in [0.717, 1.165) is 6.42 Å². The Morgan fingerprint density at radius 1 is 1.21 bits per heavy atom. The lowest BCUT2D eigenvalue weighted by Gasteiger charge is -2.40. The maximum atomic E-state index is 11.2. The molecule has 0 aromatic carbocycles. The van der Waals surface area contributed by atoms with Gasteiger partial charge in [-0.3, -0.25) is 4.79 Å². The van der Waals surface area contributed by atoms with Gasteiger partial charge in [0.05, 0.1) is 0 Å². The van der Waals surface area contributed by atoms with Gasteiger partial charge in [0.15, 0.2) is 4.87 Å². The average molecular weight is 295 g/mol. The molecule has 4 nitrogen and oxygen atoms in total. The zero-order valence-electron chi connectivity index (χ0n) is 13.0. The number of carboxylic acids is 1. The predicted molar refractivity (Wildman–Crippen MR) is 76.3 cm³/mol. The lowest BCUT2D eigenvalue weighted by Crippen LogP contribution is -2.47. The number of carboxylic acid groups (broad SMARTS) is 1. The fraction of sp³-hybridized carbons (Fsp3) is 0.929. The van der Waals surface area contributed by atoms with Gasteiger partial charge in [0.1, 0.15) is 11.7 Å². The Balaban J connectivity index is 4.78. The number of hydrogen-bond donors (Lipinski definition) is 1. The summed E-state index contributed by atoms with van der Waals surface area (Å²) in [5, 5.41) is 9.17. The molecule has 0 fully saturated rings. The minimum atomic E-state index is -1.47. The number of rotatable bonds is 8. The summed E-state index contributed by atoms with van der Waals surface area (Å²) in [4.78, 5) is 20.5. The van der Waals surface area contributed by atoms with Crippen molar-refractivity contribution < 1.29 is 19.7 Å². The molecule has 0 heterocycles. The van der Waals surface area contributed by atoms with Gasteiger partial charge < -0.3 is 5.11 Å². The molecule has 5 heteroatoms. The smallest absolute Gasteiger partial charge is 0.327 e. The Hall–Kier alpha value is -0.320. The molecule has 0 rings (SSSR count). The third-order valence-corrected chi connectivity index (χ3v) is 5.17. The standard InChI is InChI=1S/C14H27ClO4/c1-8-12(4,5)13(6,7)19-18-10(3)14(15,9-2)11(16)17/h10H,8-9H2,1-7H3,(H,16,17). The topological polar surface area (TPSA) is 55.8 Å². The molecule has 0 aromatic rings. The van der Waals surface area contributed by atoms with Gasteiger partial charge in [-0.15, -0.1) is 11.6 Å². The van der Waals surface area contributed by atoms with Gasteiger partial charge in [-0.25, -0.2) is 9.78 Å². The largest absolute Gasteiger partial charge is 0.480 e. The number of halogens is 1. The average Bonchev–Trinajstić information content (AvgIpc) is 2.34. The number of carbonyl (C=O) groups is 1. The van der Waals surface area contributed by atoms with Gasteiger partial charge >= 0.3 is 5.97 Å². The highest BCUT2D eigenvalue weighted by molar-refractivity contribution is 6.34. The van der Waals surface area contributed by atoms with Crippen molar-refractivity contribution in [3.8, 4) is 0 Å². The molecule has 0 aliphatic heterocycles. The SMILES string of the molecule is CCC(Cl)(C(=O)O)C(C)OOC(C)(C)C(C)(C)CC. The van der Waals surface area contributed by atoms with Gasteiger partial charge in [0, 0.05) is 0 Å². The highest BCUT2D eigenvalue weighted by atomic mass is 35.5. The summed E-state index contributed by atoms with van der Waals surface area (Å²) in [6.07, 6.45) is 0.422. The molecule has 0 bridgehead atoms. The quantitative estimate of drug-likeness (QED) is 0.417. The summed E-state index contributed by atoms with van der Waals surface area (Å²) in [5.41, 5.74) is -0.642. The maximum Gasteiger partial charge on any atom is 0.327 e. The molecule has 1 N–H and O–H groups in total. The van der Waals surface area contributed by atoms with Gasteiger partial charge in [0.2, 0.25) is 0 Å². The second kappa shape index (κ2) is 6.42. The van der Waals surface area contributed by atoms with Crippen molar-refractivity contribution in [3.63, 3.8) is 0 Å². The summed E-state index contributed by atoms with van der Waals surface area (Å²) in [5.74, 6) is -1.10. The van der Waals surface area contributed by atoms with Crippen LogP contribution < -0.4 is 0 Å². The van der Waals surface area contributed by atoms with Crippen LogP contribution in [0.4, 0.5) is 0 Å². The van der Waals surface area contributed by atoms with Crippen LogP contribution in [0.2, 0.25) is 0 Å². The van der Waals surface area contributed by atoms with Crippen LogP contribution >= 0.6 is 11.6 Å². The van der Waals surface area contributed by atoms with E-state index >= 15 is 0 Å². The van der Waals surface area contributed by atoms with Crippen molar-refractivity contribution in [2.45, 2.75) is 77.9 Å². The minimum Gasteiger partial charge on any atom is -0.480 e. The first-order valence-electron chi connectivity index (χ1n) is 6.71. The van der Waals surface area contributed by atoms with E-state index in [1.807, 2.05) is 13.8 Å². The molecule has 0 radical (unpaired) electrons. The molecule has 0 spiro atoms. The monoisotopic (exact) mass is 294 g/mol. The first-order chi connectivity index (χ1) is 8.44. The normalized spacial score (nSPS) is 17.9.